The smallest absolute Gasteiger partial charge is 0.255 e. The van der Waals surface area contributed by atoms with Gasteiger partial charge in [-0.25, -0.2) is 8.78 Å². The van der Waals surface area contributed by atoms with Gasteiger partial charge in [-0.15, -0.1) is 0 Å². The molecule has 1 saturated carbocycles. The summed E-state index contributed by atoms with van der Waals surface area (Å²) < 4.78 is 31.2. The lowest BCUT2D eigenvalue weighted by atomic mass is 9.91. The molecule has 0 amide bonds. The number of hydrogen-bond acceptors (Lipinski definition) is 1. The van der Waals surface area contributed by atoms with Crippen LogP contribution >= 0.6 is 27.5 Å². The van der Waals surface area contributed by atoms with Gasteiger partial charge in [-0.1, -0.05) is 11.6 Å². The van der Waals surface area contributed by atoms with E-state index in [9.17, 15) is 8.78 Å². The fourth-order valence-corrected chi connectivity index (χ4v) is 2.22. The van der Waals surface area contributed by atoms with Crippen LogP contribution in [0.15, 0.2) is 22.7 Å². The van der Waals surface area contributed by atoms with Crippen LogP contribution in [0.2, 0.25) is 5.02 Å². The molecule has 2 rings (SSSR count). The van der Waals surface area contributed by atoms with Gasteiger partial charge in [-0.05, 0) is 34.1 Å². The van der Waals surface area contributed by atoms with E-state index >= 15 is 0 Å². The van der Waals surface area contributed by atoms with Crippen molar-refractivity contribution in [3.63, 3.8) is 0 Å². The summed E-state index contributed by atoms with van der Waals surface area (Å²) in [4.78, 5) is 0. The number of rotatable bonds is 2. The van der Waals surface area contributed by atoms with E-state index in [2.05, 4.69) is 15.9 Å². The van der Waals surface area contributed by atoms with Crippen LogP contribution < -0.4 is 4.74 Å². The lowest BCUT2D eigenvalue weighted by molar-refractivity contribution is -0.134. The number of hydrogen-bond donors (Lipinski definition) is 0. The number of halogens is 4. The molecular weight excluding hydrogens is 289 g/mol. The fourth-order valence-electron chi connectivity index (χ4n) is 1.44. The first kappa shape index (κ1) is 11.1. The second kappa shape index (κ2) is 3.91. The lowest BCUT2D eigenvalue weighted by Gasteiger charge is -2.35. The predicted octanol–water partition coefficient (Wildman–Crippen LogP) is 4.28. The van der Waals surface area contributed by atoms with E-state index in [-0.39, 0.29) is 12.8 Å². The summed E-state index contributed by atoms with van der Waals surface area (Å²) in [6.45, 7) is 0. The maximum Gasteiger partial charge on any atom is 0.255 e. The van der Waals surface area contributed by atoms with Crippen LogP contribution in [0.4, 0.5) is 8.78 Å². The van der Waals surface area contributed by atoms with Crippen LogP contribution in [0.3, 0.4) is 0 Å². The van der Waals surface area contributed by atoms with Gasteiger partial charge in [0, 0.05) is 17.9 Å². The Kier molecular flexibility index (Phi) is 2.90. The van der Waals surface area contributed by atoms with Crippen molar-refractivity contribution < 1.29 is 13.5 Å². The third-order valence-electron chi connectivity index (χ3n) is 2.24. The quantitative estimate of drug-likeness (QED) is 0.792. The molecule has 1 aliphatic carbocycles. The van der Waals surface area contributed by atoms with Crippen molar-refractivity contribution in [1.29, 1.82) is 0 Å². The highest BCUT2D eigenvalue weighted by atomic mass is 79.9. The van der Waals surface area contributed by atoms with Gasteiger partial charge in [0.1, 0.15) is 11.9 Å². The van der Waals surface area contributed by atoms with Gasteiger partial charge in [0.15, 0.2) is 0 Å². The van der Waals surface area contributed by atoms with Gasteiger partial charge in [0.25, 0.3) is 5.92 Å². The van der Waals surface area contributed by atoms with Crippen LogP contribution in [0.5, 0.6) is 5.75 Å². The summed E-state index contributed by atoms with van der Waals surface area (Å²) in [5, 5.41) is 0.577. The first-order valence-corrected chi connectivity index (χ1v) is 5.63. The van der Waals surface area contributed by atoms with E-state index in [1.165, 1.54) is 0 Å². The van der Waals surface area contributed by atoms with Crippen molar-refractivity contribution in [2.75, 3.05) is 0 Å². The molecule has 15 heavy (non-hydrogen) atoms. The van der Waals surface area contributed by atoms with Crippen LogP contribution in [-0.2, 0) is 0 Å². The van der Waals surface area contributed by atoms with Gasteiger partial charge < -0.3 is 4.74 Å². The number of benzene rings is 1. The Balaban J connectivity index is 2.00. The fraction of sp³-hybridized carbons (Fsp3) is 0.400. The van der Waals surface area contributed by atoms with Gasteiger partial charge >= 0.3 is 0 Å². The zero-order valence-electron chi connectivity index (χ0n) is 7.64. The normalized spacial score (nSPS) is 19.7. The summed E-state index contributed by atoms with van der Waals surface area (Å²) in [5.74, 6) is -2.00. The van der Waals surface area contributed by atoms with Gasteiger partial charge in [0.2, 0.25) is 0 Å². The third-order valence-corrected chi connectivity index (χ3v) is 3.09. The van der Waals surface area contributed by atoms with Gasteiger partial charge in [-0.2, -0.15) is 0 Å². The van der Waals surface area contributed by atoms with E-state index in [0.717, 1.165) is 0 Å². The Hall–Kier alpha value is -0.350. The predicted molar refractivity (Wildman–Crippen MR) is 57.7 cm³/mol. The zero-order valence-corrected chi connectivity index (χ0v) is 9.99. The Morgan fingerprint density at radius 3 is 2.60 bits per heavy atom. The molecule has 5 heteroatoms. The van der Waals surface area contributed by atoms with Crippen molar-refractivity contribution >= 4 is 27.5 Å². The van der Waals surface area contributed by atoms with Crippen molar-refractivity contribution in [1.82, 2.24) is 0 Å². The SMILES string of the molecule is FC1(F)CC(Oc2ccc(Cl)cc2Br)C1. The maximum atomic E-state index is 12.5. The monoisotopic (exact) mass is 296 g/mol. The molecule has 82 valence electrons. The number of alkyl halides is 2. The van der Waals surface area contributed by atoms with Gasteiger partial charge in [0.05, 0.1) is 4.47 Å². The average Bonchev–Trinajstić information content (AvgIpc) is 2.06. The molecule has 1 aromatic rings. The summed E-state index contributed by atoms with van der Waals surface area (Å²) in [6, 6.07) is 5.01. The van der Waals surface area contributed by atoms with Crippen LogP contribution in [0.1, 0.15) is 12.8 Å². The van der Waals surface area contributed by atoms with Crippen LogP contribution in [0, 0.1) is 0 Å². The summed E-state index contributed by atoms with van der Waals surface area (Å²) in [7, 11) is 0. The first-order chi connectivity index (χ1) is 6.96. The minimum atomic E-state index is -2.55. The molecule has 1 aliphatic rings. The molecule has 0 bridgehead atoms. The molecule has 1 fully saturated rings. The Morgan fingerprint density at radius 2 is 2.07 bits per heavy atom. The standard InChI is InChI=1S/C10H8BrClF2O/c11-8-3-6(12)1-2-9(8)15-7-4-10(13,14)5-7/h1-3,7H,4-5H2. The molecular formula is C10H8BrClF2O. The second-order valence-corrected chi connectivity index (χ2v) is 4.87. The van der Waals surface area contributed by atoms with Gasteiger partial charge in [-0.3, -0.25) is 0 Å². The van der Waals surface area contributed by atoms with Crippen molar-refractivity contribution in [3.8, 4) is 5.75 Å². The molecule has 1 nitrogen and oxygen atoms in total. The first-order valence-electron chi connectivity index (χ1n) is 4.46. The molecule has 0 radical (unpaired) electrons. The summed E-state index contributed by atoms with van der Waals surface area (Å²) in [6.07, 6.45) is -0.804. The Bertz CT molecular complexity index is 376. The van der Waals surface area contributed by atoms with E-state index in [4.69, 9.17) is 16.3 Å². The topological polar surface area (TPSA) is 9.23 Å². The molecule has 0 heterocycles. The molecule has 0 saturated heterocycles. The maximum absolute atomic E-state index is 12.5. The Labute approximate surface area is 99.5 Å². The molecule has 0 unspecified atom stereocenters. The van der Waals surface area contributed by atoms with E-state index in [1.54, 1.807) is 18.2 Å². The molecule has 1 aromatic carbocycles. The molecule has 0 atom stereocenters. The summed E-state index contributed by atoms with van der Waals surface area (Å²) in [5.41, 5.74) is 0. The lowest BCUT2D eigenvalue weighted by Crippen LogP contribution is -2.43. The highest BCUT2D eigenvalue weighted by molar-refractivity contribution is 9.10. The van der Waals surface area contributed by atoms with Crippen molar-refractivity contribution in [3.05, 3.63) is 27.7 Å². The van der Waals surface area contributed by atoms with Crippen LogP contribution in [-0.4, -0.2) is 12.0 Å². The molecule has 0 aliphatic heterocycles. The van der Waals surface area contributed by atoms with E-state index in [0.29, 0.717) is 15.2 Å². The van der Waals surface area contributed by atoms with E-state index < -0.39 is 12.0 Å². The Morgan fingerprint density at radius 1 is 1.40 bits per heavy atom. The van der Waals surface area contributed by atoms with Crippen LogP contribution in [0.25, 0.3) is 0 Å². The minimum absolute atomic E-state index is 0.206. The largest absolute Gasteiger partial charge is 0.489 e. The zero-order chi connectivity index (χ0) is 11.1. The van der Waals surface area contributed by atoms with E-state index in [1.807, 2.05) is 0 Å². The third kappa shape index (κ3) is 2.61. The molecule has 0 aromatic heterocycles. The molecule has 0 N–H and O–H groups in total. The average molecular weight is 298 g/mol. The minimum Gasteiger partial charge on any atom is -0.489 e. The highest BCUT2D eigenvalue weighted by Crippen LogP contribution is 2.41. The molecule has 0 spiro atoms. The van der Waals surface area contributed by atoms with Crippen molar-refractivity contribution in [2.45, 2.75) is 24.9 Å². The second-order valence-electron chi connectivity index (χ2n) is 3.58. The highest BCUT2D eigenvalue weighted by Gasteiger charge is 2.47. The van der Waals surface area contributed by atoms with Crippen molar-refractivity contribution in [2.24, 2.45) is 0 Å². The number of ether oxygens (including phenoxy) is 1. The summed E-state index contributed by atoms with van der Waals surface area (Å²) >= 11 is 9.00.